The van der Waals surface area contributed by atoms with E-state index in [4.69, 9.17) is 5.11 Å². The van der Waals surface area contributed by atoms with Crippen molar-refractivity contribution in [1.29, 1.82) is 0 Å². The minimum absolute atomic E-state index is 0. The number of carboxylic acid groups (broad SMARTS) is 1. The van der Waals surface area contributed by atoms with Gasteiger partial charge in [-0.25, -0.2) is 9.78 Å². The molecule has 0 fully saturated rings. The number of pyridine rings is 2. The molecule has 0 aliphatic rings. The first-order valence-corrected chi connectivity index (χ1v) is 46.3. The van der Waals surface area contributed by atoms with Crippen LogP contribution in [0.15, 0.2) is 461 Å². The number of halogens is 2. The molecule has 27 aromatic carbocycles. The molecule has 0 aliphatic carbocycles. The van der Waals surface area contributed by atoms with Gasteiger partial charge in [-0.3, -0.25) is 8.78 Å². The largest absolute Gasteiger partial charge is 0.477 e. The number of aromatic carboxylic acids is 1. The fraction of sp³-hybridized carbons (Fsp3) is 0. The van der Waals surface area contributed by atoms with Crippen molar-refractivity contribution < 1.29 is 38.8 Å². The zero-order valence-corrected chi connectivity index (χ0v) is 76.6. The molecule has 0 atom stereocenters. The molecule has 7 heteroatoms. The summed E-state index contributed by atoms with van der Waals surface area (Å²) in [4.78, 5) is 17.7. The molecule has 0 saturated carbocycles. The van der Waals surface area contributed by atoms with E-state index in [-0.39, 0.29) is 31.4 Å². The van der Waals surface area contributed by atoms with Gasteiger partial charge in [0.15, 0.2) is 0 Å². The van der Waals surface area contributed by atoms with E-state index in [1.165, 1.54) is 273 Å². The first kappa shape index (κ1) is 82.6. The van der Waals surface area contributed by atoms with Crippen molar-refractivity contribution in [1.82, 2.24) is 9.97 Å². The average molecular weight is 1940 g/mol. The standard InChI is InChI=1S/C60H36.C54H30.C11H6F2N.C6H5NO2.Ir/c1-4-19-49-43(13-1)46-16-7-10-22-52(46)58-34-37(25-28-55(49)58)40-31-41(38-26-29-56-50-20-5-2-14-44(50)47-17-8-11-23-53(47)59(56)35-38)33-42(32-40)39-27-30-57-51-21-6-3-15-45(51)48-18-9-12-24-54(48)60(57)36-39;1-4-31-10-13-37-16-22-43(46-25-19-34(7-1)49(31)52(37)46)40-28-41(44-23-17-38-14-11-32-5-2-8-35-20-26-47(44)53(38)50(32)35)30-42(29-40)45-24-18-39-15-12-33-6-3-9-36-21-27-48(45)54(39)51(33)36;12-8-4-5-9(10(13)7-8)11-3-1-2-6-14-11;8-6(9)5-3-1-2-4-7-5;/h1-36H;1-30H;1-4,6-7H;1-4H,(H,8,9);/q;;-1;;. The summed E-state index contributed by atoms with van der Waals surface area (Å²) in [5.74, 6) is -2.28. The molecule has 138 heavy (non-hydrogen) atoms. The fourth-order valence-corrected chi connectivity index (χ4v) is 22.1. The molecular formula is C131H77F2IrN2O2-. The molecule has 4 nitrogen and oxygen atoms in total. The summed E-state index contributed by atoms with van der Waals surface area (Å²) < 4.78 is 25.8. The number of carboxylic acids is 1. The molecule has 0 amide bonds. The number of hydrogen-bond acceptors (Lipinski definition) is 3. The van der Waals surface area contributed by atoms with Crippen molar-refractivity contribution in [2.75, 3.05) is 0 Å². The first-order chi connectivity index (χ1) is 67.6. The van der Waals surface area contributed by atoms with Crippen LogP contribution in [0.2, 0.25) is 0 Å². The Morgan fingerprint density at radius 2 is 0.471 bits per heavy atom. The molecule has 1 radical (unpaired) electrons. The Bertz CT molecular complexity index is 9040. The van der Waals surface area contributed by atoms with E-state index in [2.05, 4.69) is 416 Å². The van der Waals surface area contributed by atoms with Crippen molar-refractivity contribution in [2.45, 2.75) is 0 Å². The second-order valence-electron chi connectivity index (χ2n) is 35.8. The van der Waals surface area contributed by atoms with Crippen LogP contribution in [0.25, 0.3) is 272 Å². The van der Waals surface area contributed by atoms with Gasteiger partial charge in [0, 0.05) is 44.1 Å². The van der Waals surface area contributed by atoms with Crippen molar-refractivity contribution >= 4 is 200 Å². The summed E-state index contributed by atoms with van der Waals surface area (Å²) in [5.41, 5.74) is 15.4. The topological polar surface area (TPSA) is 63.1 Å². The van der Waals surface area contributed by atoms with Gasteiger partial charge in [0.2, 0.25) is 0 Å². The van der Waals surface area contributed by atoms with Crippen LogP contribution in [-0.2, 0) is 20.1 Å². The maximum Gasteiger partial charge on any atom is 0.354 e. The van der Waals surface area contributed by atoms with Crippen LogP contribution in [0.4, 0.5) is 8.78 Å². The van der Waals surface area contributed by atoms with Gasteiger partial charge in [0.05, 0.1) is 0 Å². The second-order valence-corrected chi connectivity index (χ2v) is 35.8. The molecule has 2 aromatic heterocycles. The van der Waals surface area contributed by atoms with Crippen molar-refractivity contribution in [3.05, 3.63) is 485 Å². The Morgan fingerprint density at radius 3 is 0.746 bits per heavy atom. The first-order valence-electron chi connectivity index (χ1n) is 46.3. The van der Waals surface area contributed by atoms with Crippen molar-refractivity contribution in [3.63, 3.8) is 0 Å². The zero-order chi connectivity index (χ0) is 91.0. The van der Waals surface area contributed by atoms with E-state index in [0.717, 1.165) is 12.1 Å². The Labute approximate surface area is 805 Å². The minimum atomic E-state index is -0.990. The van der Waals surface area contributed by atoms with Gasteiger partial charge in [0.25, 0.3) is 0 Å². The van der Waals surface area contributed by atoms with Gasteiger partial charge in [-0.2, -0.15) is 0 Å². The summed E-state index contributed by atoms with van der Waals surface area (Å²) in [6, 6.07) is 165. The minimum Gasteiger partial charge on any atom is -0.477 e. The summed E-state index contributed by atoms with van der Waals surface area (Å²) in [7, 11) is 0. The molecule has 1 N–H and O–H groups in total. The third-order valence-corrected chi connectivity index (χ3v) is 28.3. The van der Waals surface area contributed by atoms with Crippen LogP contribution in [0.3, 0.4) is 0 Å². The van der Waals surface area contributed by atoms with Crippen molar-refractivity contribution in [2.24, 2.45) is 0 Å². The smallest absolute Gasteiger partial charge is 0.354 e. The number of carbonyl (C=O) groups is 1. The van der Waals surface area contributed by atoms with E-state index in [1.54, 1.807) is 36.5 Å². The molecule has 0 saturated heterocycles. The molecule has 2 heterocycles. The molecular weight excluding hydrogens is 1860 g/mol. The number of nitrogens with zero attached hydrogens (tertiary/aromatic N) is 2. The normalized spacial score (nSPS) is 11.7. The number of hydrogen-bond donors (Lipinski definition) is 1. The number of aromatic nitrogens is 2. The van der Waals surface area contributed by atoms with Gasteiger partial charge in [-0.1, -0.05) is 376 Å². The summed E-state index contributed by atoms with van der Waals surface area (Å²) in [6.45, 7) is 0. The summed E-state index contributed by atoms with van der Waals surface area (Å²) >= 11 is 0. The number of benzene rings is 27. The van der Waals surface area contributed by atoms with Gasteiger partial charge in [-0.15, -0.1) is 12.1 Å². The monoisotopic (exact) mass is 1940 g/mol. The summed E-state index contributed by atoms with van der Waals surface area (Å²) in [5, 5.41) is 55.1. The Kier molecular flexibility index (Phi) is 20.2. The third-order valence-electron chi connectivity index (χ3n) is 28.3. The van der Waals surface area contributed by atoms with Crippen LogP contribution in [0.1, 0.15) is 10.5 Å². The van der Waals surface area contributed by atoms with Crippen LogP contribution in [0.5, 0.6) is 0 Å². The van der Waals surface area contributed by atoms with Gasteiger partial charge < -0.3 is 10.1 Å². The molecule has 0 unspecified atom stereocenters. The van der Waals surface area contributed by atoms with E-state index in [1.807, 2.05) is 0 Å². The maximum absolute atomic E-state index is 13.2. The van der Waals surface area contributed by atoms with Gasteiger partial charge >= 0.3 is 5.97 Å². The van der Waals surface area contributed by atoms with Crippen LogP contribution < -0.4 is 0 Å². The molecule has 0 spiro atoms. The van der Waals surface area contributed by atoms with Crippen LogP contribution in [0, 0.1) is 17.7 Å². The Morgan fingerprint density at radius 1 is 0.217 bits per heavy atom. The predicted octanol–water partition coefficient (Wildman–Crippen LogP) is 36.1. The fourth-order valence-electron chi connectivity index (χ4n) is 22.1. The van der Waals surface area contributed by atoms with Crippen LogP contribution >= 0.6 is 0 Å². The molecule has 0 aliphatic heterocycles. The summed E-state index contributed by atoms with van der Waals surface area (Å²) in [6.07, 6.45) is 3.00. The number of rotatable bonds is 8. The maximum atomic E-state index is 13.2. The Hall–Kier alpha value is -17.3. The van der Waals surface area contributed by atoms with E-state index < -0.39 is 17.6 Å². The van der Waals surface area contributed by atoms with E-state index in [0.29, 0.717) is 5.69 Å². The molecule has 29 aromatic rings. The second kappa shape index (κ2) is 33.7. The number of fused-ring (bicyclic) bond motifs is 18. The van der Waals surface area contributed by atoms with E-state index in [9.17, 15) is 13.6 Å². The SMILES string of the molecule is Fc1c[c-]c(-c2ccccn2)c(F)c1.O=C(O)c1ccccn1.[Ir].c1cc2ccc3ccc(-c4cc(-c5ccc6ccc7cccc8ccc5c6c78)cc(-c5ccc6ccc7cccc8ccc5c6c78)c4)c4ccc(c1)c2c34.c1ccc2c(c1)c1ccccc1c1cc(-c3cc(-c4ccc5c6ccccc6c6ccccc6c5c4)cc(-c4ccc5c6ccccc6c6ccccc6c5c4)c3)ccc21. The third kappa shape index (κ3) is 13.9. The molecule has 0 bridgehead atoms. The van der Waals surface area contributed by atoms with Gasteiger partial charge in [-0.05, 0) is 339 Å². The van der Waals surface area contributed by atoms with E-state index >= 15 is 0 Å². The Balaban J connectivity index is 0.000000118. The zero-order valence-electron chi connectivity index (χ0n) is 74.2. The molecule has 29 rings (SSSR count). The average Bonchev–Trinajstić information content (AvgIpc) is 0.723. The quantitative estimate of drug-likeness (QED) is 0.122. The van der Waals surface area contributed by atoms with Crippen LogP contribution in [-0.4, -0.2) is 21.0 Å². The van der Waals surface area contributed by atoms with Gasteiger partial charge in [0.1, 0.15) is 5.69 Å². The van der Waals surface area contributed by atoms with Crippen molar-refractivity contribution in [3.8, 4) is 78.0 Å². The predicted molar refractivity (Wildman–Crippen MR) is 574 cm³/mol. The molecule has 647 valence electrons.